The highest BCUT2D eigenvalue weighted by molar-refractivity contribution is 14.1. The molecule has 88 valence electrons. The van der Waals surface area contributed by atoms with Crippen molar-refractivity contribution in [3.8, 4) is 6.01 Å². The van der Waals surface area contributed by atoms with Gasteiger partial charge in [-0.3, -0.25) is 0 Å². The van der Waals surface area contributed by atoms with Gasteiger partial charge in [0.15, 0.2) is 0 Å². The second kappa shape index (κ2) is 6.54. The molecule has 0 saturated heterocycles. The lowest BCUT2D eigenvalue weighted by Crippen LogP contribution is -2.02. The van der Waals surface area contributed by atoms with E-state index in [1.165, 1.54) is 5.56 Å². The highest BCUT2D eigenvalue weighted by atomic mass is 127. The zero-order chi connectivity index (χ0) is 11.9. The number of hydrogen-bond donors (Lipinski definition) is 0. The van der Waals surface area contributed by atoms with E-state index in [1.54, 1.807) is 12.4 Å². The van der Waals surface area contributed by atoms with Crippen LogP contribution in [0, 0.1) is 3.57 Å². The number of nitrogens with zero attached hydrogens (tertiary/aromatic N) is 2. The number of halogens is 1. The van der Waals surface area contributed by atoms with Crippen molar-refractivity contribution < 1.29 is 4.74 Å². The topological polar surface area (TPSA) is 35.0 Å². The molecule has 0 radical (unpaired) electrons. The van der Waals surface area contributed by atoms with Crippen LogP contribution >= 0.6 is 22.6 Å². The third-order valence-corrected chi connectivity index (χ3v) is 2.84. The molecule has 4 heteroatoms. The number of ether oxygens (including phenoxy) is 1. The van der Waals surface area contributed by atoms with Crippen LogP contribution < -0.4 is 4.74 Å². The molecule has 0 saturated carbocycles. The molecule has 2 rings (SSSR count). The van der Waals surface area contributed by atoms with Gasteiger partial charge in [-0.05, 0) is 41.0 Å². The van der Waals surface area contributed by atoms with Crippen LogP contribution in [-0.2, 0) is 6.42 Å². The van der Waals surface area contributed by atoms with E-state index in [0.717, 1.165) is 16.4 Å². The van der Waals surface area contributed by atoms with Crippen LogP contribution in [-0.4, -0.2) is 16.6 Å². The second-order valence-corrected chi connectivity index (χ2v) is 4.87. The molecule has 0 aliphatic rings. The summed E-state index contributed by atoms with van der Waals surface area (Å²) in [6.07, 6.45) is 5.49. The Morgan fingerprint density at radius 2 is 1.76 bits per heavy atom. The molecule has 0 N–H and O–H groups in total. The Balaban J connectivity index is 1.71. The maximum absolute atomic E-state index is 5.46. The molecule has 1 aromatic carbocycles. The van der Waals surface area contributed by atoms with Crippen LogP contribution in [0.15, 0.2) is 42.7 Å². The highest BCUT2D eigenvalue weighted by Crippen LogP contribution is 2.06. The van der Waals surface area contributed by atoms with E-state index >= 15 is 0 Å². The normalized spacial score (nSPS) is 10.2. The molecule has 0 amide bonds. The molecule has 0 fully saturated rings. The summed E-state index contributed by atoms with van der Waals surface area (Å²) in [5, 5.41) is 0. The lowest BCUT2D eigenvalue weighted by molar-refractivity contribution is 0.286. The van der Waals surface area contributed by atoms with E-state index in [4.69, 9.17) is 4.74 Å². The maximum Gasteiger partial charge on any atom is 0.316 e. The maximum atomic E-state index is 5.46. The Morgan fingerprint density at radius 3 is 2.47 bits per heavy atom. The first-order valence-electron chi connectivity index (χ1n) is 5.49. The van der Waals surface area contributed by atoms with E-state index in [-0.39, 0.29) is 0 Å². The fourth-order valence-electron chi connectivity index (χ4n) is 1.46. The van der Waals surface area contributed by atoms with Gasteiger partial charge in [-0.1, -0.05) is 30.3 Å². The standard InChI is InChI=1S/C13H13IN2O/c14-12-9-15-13(16-10-12)17-8-4-7-11-5-2-1-3-6-11/h1-3,5-6,9-10H,4,7-8H2. The van der Waals surface area contributed by atoms with Gasteiger partial charge >= 0.3 is 6.01 Å². The first kappa shape index (κ1) is 12.3. The van der Waals surface area contributed by atoms with Crippen LogP contribution in [0.3, 0.4) is 0 Å². The molecule has 1 aromatic heterocycles. The molecule has 0 aliphatic carbocycles. The SMILES string of the molecule is Ic1cnc(OCCCc2ccccc2)nc1. The van der Waals surface area contributed by atoms with Gasteiger partial charge in [0.1, 0.15) is 0 Å². The predicted octanol–water partition coefficient (Wildman–Crippen LogP) is 3.09. The Bertz CT molecular complexity index is 445. The van der Waals surface area contributed by atoms with Crippen LogP contribution in [0.4, 0.5) is 0 Å². The molecule has 17 heavy (non-hydrogen) atoms. The van der Waals surface area contributed by atoms with Crippen molar-refractivity contribution in [3.05, 3.63) is 51.9 Å². The number of hydrogen-bond acceptors (Lipinski definition) is 3. The summed E-state index contributed by atoms with van der Waals surface area (Å²) in [5.74, 6) is 0. The van der Waals surface area contributed by atoms with Gasteiger partial charge < -0.3 is 4.74 Å². The fraction of sp³-hybridized carbons (Fsp3) is 0.231. The van der Waals surface area contributed by atoms with E-state index in [2.05, 4.69) is 56.8 Å². The van der Waals surface area contributed by atoms with E-state index in [1.807, 2.05) is 6.07 Å². The molecule has 0 atom stereocenters. The van der Waals surface area contributed by atoms with Gasteiger partial charge in [-0.25, -0.2) is 9.97 Å². The van der Waals surface area contributed by atoms with Crippen molar-refractivity contribution in [2.75, 3.05) is 6.61 Å². The first-order chi connectivity index (χ1) is 8.34. The van der Waals surface area contributed by atoms with Gasteiger partial charge in [0, 0.05) is 16.0 Å². The highest BCUT2D eigenvalue weighted by Gasteiger charge is 1.97. The summed E-state index contributed by atoms with van der Waals surface area (Å²) >= 11 is 2.17. The zero-order valence-electron chi connectivity index (χ0n) is 9.34. The molecule has 0 bridgehead atoms. The van der Waals surface area contributed by atoms with E-state index < -0.39 is 0 Å². The number of aromatic nitrogens is 2. The van der Waals surface area contributed by atoms with Crippen molar-refractivity contribution in [2.45, 2.75) is 12.8 Å². The summed E-state index contributed by atoms with van der Waals surface area (Å²) in [6, 6.07) is 10.8. The van der Waals surface area contributed by atoms with E-state index in [9.17, 15) is 0 Å². The molecule has 0 unspecified atom stereocenters. The van der Waals surface area contributed by atoms with Crippen molar-refractivity contribution in [1.29, 1.82) is 0 Å². The molecule has 2 aromatic rings. The van der Waals surface area contributed by atoms with Crippen molar-refractivity contribution in [1.82, 2.24) is 9.97 Å². The van der Waals surface area contributed by atoms with Gasteiger partial charge in [-0.15, -0.1) is 0 Å². The Hall–Kier alpha value is -1.17. The second-order valence-electron chi connectivity index (χ2n) is 3.62. The minimum absolute atomic E-state index is 0.457. The van der Waals surface area contributed by atoms with Crippen LogP contribution in [0.25, 0.3) is 0 Å². The third-order valence-electron chi connectivity index (χ3n) is 2.28. The minimum atomic E-state index is 0.457. The predicted molar refractivity (Wildman–Crippen MR) is 75.0 cm³/mol. The summed E-state index contributed by atoms with van der Waals surface area (Å²) in [6.45, 7) is 0.648. The number of aryl methyl sites for hydroxylation is 1. The minimum Gasteiger partial charge on any atom is -0.463 e. The van der Waals surface area contributed by atoms with Crippen LogP contribution in [0.1, 0.15) is 12.0 Å². The summed E-state index contributed by atoms with van der Waals surface area (Å²) in [4.78, 5) is 8.16. The fourth-order valence-corrected chi connectivity index (χ4v) is 1.74. The summed E-state index contributed by atoms with van der Waals surface area (Å²) in [5.41, 5.74) is 1.33. The number of rotatable bonds is 5. The molecule has 1 heterocycles. The summed E-state index contributed by atoms with van der Waals surface area (Å²) < 4.78 is 6.47. The Kier molecular flexibility index (Phi) is 4.73. The Labute approximate surface area is 114 Å². The molecule has 0 spiro atoms. The van der Waals surface area contributed by atoms with Gasteiger partial charge in [-0.2, -0.15) is 0 Å². The van der Waals surface area contributed by atoms with Crippen molar-refractivity contribution >= 4 is 22.6 Å². The lowest BCUT2D eigenvalue weighted by atomic mass is 10.1. The van der Waals surface area contributed by atoms with Crippen molar-refractivity contribution in [3.63, 3.8) is 0 Å². The monoisotopic (exact) mass is 340 g/mol. The average Bonchev–Trinajstić information content (AvgIpc) is 2.38. The van der Waals surface area contributed by atoms with Crippen LogP contribution in [0.2, 0.25) is 0 Å². The lowest BCUT2D eigenvalue weighted by Gasteiger charge is -2.04. The van der Waals surface area contributed by atoms with Crippen molar-refractivity contribution in [2.24, 2.45) is 0 Å². The molecule has 3 nitrogen and oxygen atoms in total. The zero-order valence-corrected chi connectivity index (χ0v) is 11.5. The third kappa shape index (κ3) is 4.30. The van der Waals surface area contributed by atoms with Gasteiger partial charge in [0.25, 0.3) is 0 Å². The Morgan fingerprint density at radius 1 is 1.06 bits per heavy atom. The molecule has 0 aliphatic heterocycles. The first-order valence-corrected chi connectivity index (χ1v) is 6.57. The summed E-state index contributed by atoms with van der Waals surface area (Å²) in [7, 11) is 0. The van der Waals surface area contributed by atoms with E-state index in [0.29, 0.717) is 12.6 Å². The largest absolute Gasteiger partial charge is 0.463 e. The smallest absolute Gasteiger partial charge is 0.316 e. The average molecular weight is 340 g/mol. The quantitative estimate of drug-likeness (QED) is 0.620. The molecular weight excluding hydrogens is 327 g/mol. The van der Waals surface area contributed by atoms with Crippen LogP contribution in [0.5, 0.6) is 6.01 Å². The number of benzene rings is 1. The molecular formula is C13H13IN2O. The van der Waals surface area contributed by atoms with Gasteiger partial charge in [0.05, 0.1) is 6.61 Å². The van der Waals surface area contributed by atoms with Gasteiger partial charge in [0.2, 0.25) is 0 Å².